The second-order valence-corrected chi connectivity index (χ2v) is 13.1. The summed E-state index contributed by atoms with van der Waals surface area (Å²) in [5.74, 6) is 0.967. The van der Waals surface area contributed by atoms with Crippen LogP contribution in [0.2, 0.25) is 0 Å². The average Bonchev–Trinajstić information content (AvgIpc) is 3.22. The van der Waals surface area contributed by atoms with Crippen molar-refractivity contribution in [2.75, 3.05) is 62.0 Å². The highest BCUT2D eigenvalue weighted by Gasteiger charge is 2.33. The number of aromatic nitrogens is 3. The van der Waals surface area contributed by atoms with E-state index in [1.54, 1.807) is 16.6 Å². The van der Waals surface area contributed by atoms with Crippen LogP contribution in [-0.4, -0.2) is 79.3 Å². The lowest BCUT2D eigenvalue weighted by molar-refractivity contribution is -0.138. The molecule has 0 saturated carbocycles. The monoisotopic (exact) mass is 580 g/mol. The van der Waals surface area contributed by atoms with Crippen molar-refractivity contribution in [2.24, 2.45) is 5.92 Å². The Hall–Kier alpha value is -2.90. The summed E-state index contributed by atoms with van der Waals surface area (Å²) >= 11 is 0. The number of nitrogens with zero attached hydrogens (tertiary/aromatic N) is 5. The molecule has 40 heavy (non-hydrogen) atoms. The Kier molecular flexibility index (Phi) is 7.99. The minimum atomic E-state index is -4.45. The number of sulfone groups is 1. The molecule has 0 aliphatic carbocycles. The van der Waals surface area contributed by atoms with Crippen molar-refractivity contribution < 1.29 is 26.3 Å². The fourth-order valence-electron chi connectivity index (χ4n) is 5.68. The van der Waals surface area contributed by atoms with Gasteiger partial charge in [0.25, 0.3) is 0 Å². The summed E-state index contributed by atoms with van der Waals surface area (Å²) < 4.78 is 71.7. The summed E-state index contributed by atoms with van der Waals surface area (Å²) in [7, 11) is -3.04. The molecule has 4 heterocycles. The van der Waals surface area contributed by atoms with Crippen LogP contribution in [0, 0.1) is 12.8 Å². The Labute approximate surface area is 232 Å². The van der Waals surface area contributed by atoms with Crippen LogP contribution in [0.15, 0.2) is 24.3 Å². The van der Waals surface area contributed by atoms with Crippen LogP contribution in [0.1, 0.15) is 40.9 Å². The molecule has 2 aromatic heterocycles. The molecule has 0 radical (unpaired) electrons. The van der Waals surface area contributed by atoms with Gasteiger partial charge in [0.05, 0.1) is 41.6 Å². The molecule has 2 fully saturated rings. The lowest BCUT2D eigenvalue weighted by atomic mass is 9.97. The number of hydrogen-bond acceptors (Lipinski definition) is 8. The van der Waals surface area contributed by atoms with Crippen LogP contribution in [0.3, 0.4) is 0 Å². The fourth-order valence-corrected chi connectivity index (χ4v) is 6.87. The van der Waals surface area contributed by atoms with Crippen LogP contribution in [-0.2, 0) is 33.7 Å². The number of rotatable bonds is 7. The third-order valence-corrected chi connectivity index (χ3v) is 8.92. The third kappa shape index (κ3) is 6.36. The number of fused-ring (bicyclic) bond motifs is 1. The zero-order valence-electron chi connectivity index (χ0n) is 22.7. The Morgan fingerprint density at radius 3 is 2.48 bits per heavy atom. The average molecular weight is 581 g/mol. The predicted molar refractivity (Wildman–Crippen MR) is 147 cm³/mol. The first-order valence-electron chi connectivity index (χ1n) is 13.4. The van der Waals surface area contributed by atoms with Gasteiger partial charge in [-0.1, -0.05) is 12.1 Å². The molecule has 0 unspecified atom stereocenters. The highest BCUT2D eigenvalue weighted by atomic mass is 32.2. The smallest absolute Gasteiger partial charge is 0.396 e. The number of nitrogen functional groups attached to an aromatic ring is 1. The summed E-state index contributed by atoms with van der Waals surface area (Å²) in [6, 6.07) is 6.02. The molecular weight excluding hydrogens is 545 g/mol. The van der Waals surface area contributed by atoms with Crippen LogP contribution in [0.4, 0.5) is 24.7 Å². The van der Waals surface area contributed by atoms with Gasteiger partial charge in [0.1, 0.15) is 9.84 Å². The van der Waals surface area contributed by atoms with Crippen LogP contribution in [0.5, 0.6) is 0 Å². The van der Waals surface area contributed by atoms with Gasteiger partial charge in [-0.15, -0.1) is 5.10 Å². The van der Waals surface area contributed by atoms with Crippen molar-refractivity contribution >= 4 is 27.0 Å². The maximum atomic E-state index is 13.7. The van der Waals surface area contributed by atoms with Gasteiger partial charge in [0, 0.05) is 38.4 Å². The minimum absolute atomic E-state index is 0.118. The van der Waals surface area contributed by atoms with Crippen LogP contribution < -0.4 is 10.6 Å². The van der Waals surface area contributed by atoms with Crippen molar-refractivity contribution in [3.63, 3.8) is 0 Å². The Morgan fingerprint density at radius 1 is 1.12 bits per heavy atom. The zero-order valence-corrected chi connectivity index (χ0v) is 23.6. The molecule has 0 atom stereocenters. The molecule has 5 rings (SSSR count). The van der Waals surface area contributed by atoms with E-state index in [1.165, 1.54) is 19.2 Å². The van der Waals surface area contributed by atoms with Crippen LogP contribution in [0.25, 0.3) is 5.65 Å². The van der Waals surface area contributed by atoms with Gasteiger partial charge >= 0.3 is 6.18 Å². The Balaban J connectivity index is 1.51. The number of benzene rings is 1. The number of likely N-dealkylation sites (tertiary alicyclic amines) is 1. The number of alkyl halides is 3. The van der Waals surface area contributed by atoms with E-state index >= 15 is 0 Å². The summed E-state index contributed by atoms with van der Waals surface area (Å²) in [6.07, 6.45) is -1.48. The molecule has 2 aliphatic rings. The summed E-state index contributed by atoms with van der Waals surface area (Å²) in [5, 5.41) is 4.86. The first-order chi connectivity index (χ1) is 18.9. The molecule has 0 spiro atoms. The van der Waals surface area contributed by atoms with Gasteiger partial charge in [-0.2, -0.15) is 13.2 Å². The van der Waals surface area contributed by atoms with E-state index in [9.17, 15) is 21.6 Å². The molecule has 13 heteroatoms. The number of morpholine rings is 1. The van der Waals surface area contributed by atoms with Crippen molar-refractivity contribution in [3.05, 3.63) is 52.3 Å². The largest absolute Gasteiger partial charge is 0.416 e. The van der Waals surface area contributed by atoms with Gasteiger partial charge in [0.2, 0.25) is 0 Å². The quantitative estimate of drug-likeness (QED) is 0.454. The highest BCUT2D eigenvalue weighted by Crippen LogP contribution is 2.34. The summed E-state index contributed by atoms with van der Waals surface area (Å²) in [4.78, 5) is 9.13. The fraction of sp³-hybridized carbons (Fsp3) is 0.556. The number of piperidine rings is 1. The van der Waals surface area contributed by atoms with Crippen molar-refractivity contribution in [1.29, 1.82) is 0 Å². The normalized spacial score (nSPS) is 18.1. The molecular formula is C27H35F3N6O3S. The molecule has 2 saturated heterocycles. The van der Waals surface area contributed by atoms with E-state index in [0.717, 1.165) is 18.9 Å². The lowest BCUT2D eigenvalue weighted by Gasteiger charge is -2.31. The topological polar surface area (TPSA) is 106 Å². The second-order valence-electron chi connectivity index (χ2n) is 10.9. The van der Waals surface area contributed by atoms with E-state index in [2.05, 4.69) is 9.80 Å². The second kappa shape index (κ2) is 11.2. The molecule has 2 aliphatic heterocycles. The minimum Gasteiger partial charge on any atom is -0.396 e. The number of halogens is 3. The molecule has 0 bridgehead atoms. The summed E-state index contributed by atoms with van der Waals surface area (Å²) in [6.45, 7) is 5.83. The summed E-state index contributed by atoms with van der Waals surface area (Å²) in [5.41, 5.74) is 8.83. The van der Waals surface area contributed by atoms with Crippen molar-refractivity contribution in [1.82, 2.24) is 19.5 Å². The third-order valence-electron chi connectivity index (χ3n) is 7.84. The van der Waals surface area contributed by atoms with Gasteiger partial charge in [-0.25, -0.2) is 17.9 Å². The number of ether oxygens (including phenoxy) is 1. The Morgan fingerprint density at radius 2 is 1.82 bits per heavy atom. The van der Waals surface area contributed by atoms with E-state index in [1.807, 2.05) is 0 Å². The molecule has 1 aromatic carbocycles. The molecule has 3 aromatic rings. The molecule has 9 nitrogen and oxygen atoms in total. The van der Waals surface area contributed by atoms with Crippen molar-refractivity contribution in [3.8, 4) is 0 Å². The van der Waals surface area contributed by atoms with Gasteiger partial charge in [-0.05, 0) is 56.0 Å². The maximum Gasteiger partial charge on any atom is 0.416 e. The number of nitrogens with two attached hydrogens (primary N) is 1. The van der Waals surface area contributed by atoms with Crippen LogP contribution >= 0.6 is 0 Å². The number of anilines is 2. The first-order valence-corrected chi connectivity index (χ1v) is 15.5. The lowest BCUT2D eigenvalue weighted by Crippen LogP contribution is -2.37. The maximum absolute atomic E-state index is 13.7. The predicted octanol–water partition coefficient (Wildman–Crippen LogP) is 3.32. The molecule has 0 amide bonds. The van der Waals surface area contributed by atoms with Crippen molar-refractivity contribution in [2.45, 2.75) is 38.9 Å². The molecule has 218 valence electrons. The number of hydrogen-bond donors (Lipinski definition) is 1. The highest BCUT2D eigenvalue weighted by molar-refractivity contribution is 7.90. The van der Waals surface area contributed by atoms with Gasteiger partial charge in [-0.3, -0.25) is 4.90 Å². The number of imidazole rings is 1. The first kappa shape index (κ1) is 28.6. The van der Waals surface area contributed by atoms with E-state index in [-0.39, 0.29) is 23.7 Å². The standard InChI is InChI=1S/C27H35F3N6O3S/c1-18-20(4-3-5-21(18)27(28,29)30)14-24-23(16-34-8-6-19(7-9-34)17-40(2,37)38)32-26-22(31)15-25(33-36(24)26)35-10-12-39-13-11-35/h3-5,15,19H,6-14,16-17,31H2,1-2H3. The van der Waals surface area contributed by atoms with E-state index < -0.39 is 21.6 Å². The SMILES string of the molecule is Cc1c(Cc2c(CN3CCC(CS(C)(=O)=O)CC3)nc3c(N)cc(N4CCOCC4)nn23)cccc1C(F)(F)F. The van der Waals surface area contributed by atoms with E-state index in [4.69, 9.17) is 20.6 Å². The van der Waals surface area contributed by atoms with Gasteiger partial charge in [0.15, 0.2) is 11.5 Å². The van der Waals surface area contributed by atoms with Gasteiger partial charge < -0.3 is 15.4 Å². The zero-order chi connectivity index (χ0) is 28.7. The molecule has 2 N–H and O–H groups in total. The Bertz CT molecular complexity index is 1480. The van der Waals surface area contributed by atoms with E-state index in [0.29, 0.717) is 80.0 Å².